The average molecular weight is 585 g/mol. The molecule has 10 heteroatoms. The fourth-order valence-electron chi connectivity index (χ4n) is 4.94. The fraction of sp³-hybridized carbons (Fsp3) is 0.0588. The van der Waals surface area contributed by atoms with E-state index in [1.807, 2.05) is 12.1 Å². The smallest absolute Gasteiger partial charge is 0.255 e. The lowest BCUT2D eigenvalue weighted by Gasteiger charge is -2.22. The van der Waals surface area contributed by atoms with Gasteiger partial charge in [-0.15, -0.1) is 0 Å². The average Bonchev–Trinajstić information content (AvgIpc) is 3.06. The maximum Gasteiger partial charge on any atom is 0.255 e. The van der Waals surface area contributed by atoms with E-state index in [9.17, 15) is 9.59 Å². The molecule has 0 atom stereocenters. The molecule has 5 aromatic carbocycles. The first-order valence-corrected chi connectivity index (χ1v) is 13.6. The van der Waals surface area contributed by atoms with Gasteiger partial charge >= 0.3 is 0 Å². The number of fused-ring (bicyclic) bond motifs is 4. The molecule has 0 aliphatic carbocycles. The minimum Gasteiger partial charge on any atom is -0.497 e. The SMILES string of the molecule is COc1ccc2c(c1)N=c1cc3c(c(OC)c1O2)=Nc1cc(NC(=O)c2ccccc2)c(NC(=O)c2ccccc2)cc1O3. The lowest BCUT2D eigenvalue weighted by Crippen LogP contribution is -2.22. The van der Waals surface area contributed by atoms with Crippen LogP contribution in [0.5, 0.6) is 34.5 Å². The quantitative estimate of drug-likeness (QED) is 0.236. The summed E-state index contributed by atoms with van der Waals surface area (Å²) in [5.41, 5.74) is 2.59. The van der Waals surface area contributed by atoms with Gasteiger partial charge in [-0.05, 0) is 42.5 Å². The van der Waals surface area contributed by atoms with Crippen LogP contribution in [0.1, 0.15) is 20.7 Å². The monoisotopic (exact) mass is 584 g/mol. The molecule has 10 nitrogen and oxygen atoms in total. The Bertz CT molecular complexity index is 2080. The highest BCUT2D eigenvalue weighted by Gasteiger charge is 2.26. The van der Waals surface area contributed by atoms with Gasteiger partial charge in [0.15, 0.2) is 34.1 Å². The van der Waals surface area contributed by atoms with E-state index in [1.165, 1.54) is 7.11 Å². The first kappa shape index (κ1) is 26.7. The summed E-state index contributed by atoms with van der Waals surface area (Å²) in [6, 6.07) is 27.9. The summed E-state index contributed by atoms with van der Waals surface area (Å²) in [4.78, 5) is 35.9. The largest absolute Gasteiger partial charge is 0.497 e. The first-order valence-electron chi connectivity index (χ1n) is 13.6. The summed E-state index contributed by atoms with van der Waals surface area (Å²) in [6.07, 6.45) is 0. The number of rotatable bonds is 6. The number of nitrogens with zero attached hydrogens (tertiary/aromatic N) is 2. The summed E-state index contributed by atoms with van der Waals surface area (Å²) in [5.74, 6) is 1.95. The lowest BCUT2D eigenvalue weighted by molar-refractivity contribution is 0.101. The van der Waals surface area contributed by atoms with Crippen molar-refractivity contribution < 1.29 is 28.5 Å². The van der Waals surface area contributed by atoms with Crippen LogP contribution in [0.15, 0.2) is 107 Å². The third kappa shape index (κ3) is 4.84. The maximum atomic E-state index is 13.1. The molecular weight excluding hydrogens is 560 g/mol. The molecule has 0 aromatic heterocycles. The number of amides is 2. The Kier molecular flexibility index (Phi) is 6.63. The molecule has 0 unspecified atom stereocenters. The third-order valence-corrected chi connectivity index (χ3v) is 7.10. The number of carbonyl (C=O) groups is 2. The molecule has 0 bridgehead atoms. The molecule has 2 aliphatic heterocycles. The van der Waals surface area contributed by atoms with Crippen LogP contribution in [0.3, 0.4) is 0 Å². The Hall–Kier alpha value is -6.16. The van der Waals surface area contributed by atoms with E-state index in [0.717, 1.165) is 0 Å². The van der Waals surface area contributed by atoms with E-state index in [-0.39, 0.29) is 11.8 Å². The topological polar surface area (TPSA) is 120 Å². The zero-order valence-electron chi connectivity index (χ0n) is 23.6. The van der Waals surface area contributed by atoms with Crippen molar-refractivity contribution in [1.29, 1.82) is 0 Å². The molecule has 2 heterocycles. The molecule has 0 saturated carbocycles. The number of hydrogen-bond acceptors (Lipinski definition) is 8. The van der Waals surface area contributed by atoms with Crippen molar-refractivity contribution in [2.75, 3.05) is 24.9 Å². The van der Waals surface area contributed by atoms with Gasteiger partial charge in [0.25, 0.3) is 11.8 Å². The number of ether oxygens (including phenoxy) is 4. The fourth-order valence-corrected chi connectivity index (χ4v) is 4.94. The van der Waals surface area contributed by atoms with Crippen LogP contribution in [0.25, 0.3) is 0 Å². The second-order valence-electron chi connectivity index (χ2n) is 9.87. The lowest BCUT2D eigenvalue weighted by atomic mass is 10.1. The Balaban J connectivity index is 1.34. The predicted molar refractivity (Wildman–Crippen MR) is 163 cm³/mol. The molecule has 7 rings (SSSR count). The van der Waals surface area contributed by atoms with Crippen LogP contribution in [0, 0.1) is 0 Å². The van der Waals surface area contributed by atoms with Crippen LogP contribution in [-0.4, -0.2) is 26.0 Å². The van der Waals surface area contributed by atoms with Gasteiger partial charge in [0, 0.05) is 29.3 Å². The van der Waals surface area contributed by atoms with E-state index < -0.39 is 0 Å². The number of nitrogens with one attached hydrogen (secondary N) is 2. The first-order chi connectivity index (χ1) is 21.5. The summed E-state index contributed by atoms with van der Waals surface area (Å²) >= 11 is 0. The van der Waals surface area contributed by atoms with Crippen molar-refractivity contribution in [3.63, 3.8) is 0 Å². The zero-order valence-corrected chi connectivity index (χ0v) is 23.6. The predicted octanol–water partition coefficient (Wildman–Crippen LogP) is 6.32. The number of carbonyl (C=O) groups excluding carboxylic acids is 2. The normalized spacial score (nSPS) is 11.9. The molecule has 2 amide bonds. The molecule has 5 aromatic rings. The van der Waals surface area contributed by atoms with Gasteiger partial charge in [-0.3, -0.25) is 9.59 Å². The molecule has 0 spiro atoms. The van der Waals surface area contributed by atoms with Crippen molar-refractivity contribution in [2.24, 2.45) is 9.98 Å². The van der Waals surface area contributed by atoms with E-state index in [2.05, 4.69) is 10.6 Å². The molecule has 0 radical (unpaired) electrons. The minimum atomic E-state index is -0.352. The highest BCUT2D eigenvalue weighted by molar-refractivity contribution is 6.10. The second-order valence-corrected chi connectivity index (χ2v) is 9.87. The standard InChI is InChI=1S/C34H24N4O6/c1-41-21-13-14-27-24(15-21)35-26-18-29-30(32(42-2)31(26)44-27)36-25-16-22(37-33(39)19-9-5-3-6-10-19)23(17-28(25)43-29)38-34(40)20-11-7-4-8-12-20/h3-18H,1-2H3,(H,37,39)(H,38,40). The molecular formula is C34H24N4O6. The van der Waals surface area contributed by atoms with Crippen molar-refractivity contribution in [3.05, 3.63) is 119 Å². The zero-order chi connectivity index (χ0) is 30.2. The Morgan fingerprint density at radius 3 is 1.91 bits per heavy atom. The van der Waals surface area contributed by atoms with Gasteiger partial charge in [0.2, 0.25) is 0 Å². The number of benzene rings is 5. The van der Waals surface area contributed by atoms with E-state index in [0.29, 0.717) is 79.1 Å². The molecule has 216 valence electrons. The van der Waals surface area contributed by atoms with E-state index in [4.69, 9.17) is 28.9 Å². The molecule has 44 heavy (non-hydrogen) atoms. The number of methoxy groups -OCH3 is 2. The van der Waals surface area contributed by atoms with Crippen molar-refractivity contribution in [3.8, 4) is 34.5 Å². The maximum absolute atomic E-state index is 13.1. The van der Waals surface area contributed by atoms with Crippen molar-refractivity contribution in [1.82, 2.24) is 0 Å². The second kappa shape index (κ2) is 10.9. The summed E-state index contributed by atoms with van der Waals surface area (Å²) < 4.78 is 23.6. The van der Waals surface area contributed by atoms with E-state index in [1.54, 1.807) is 92.0 Å². The van der Waals surface area contributed by atoms with Crippen LogP contribution in [-0.2, 0) is 0 Å². The van der Waals surface area contributed by atoms with Gasteiger partial charge in [0.1, 0.15) is 22.5 Å². The number of hydrogen-bond donors (Lipinski definition) is 2. The van der Waals surface area contributed by atoms with Crippen molar-refractivity contribution in [2.45, 2.75) is 0 Å². The van der Waals surface area contributed by atoms with Crippen LogP contribution in [0.2, 0.25) is 0 Å². The minimum absolute atomic E-state index is 0.333. The Morgan fingerprint density at radius 1 is 0.636 bits per heavy atom. The molecule has 2 N–H and O–H groups in total. The Morgan fingerprint density at radius 2 is 1.27 bits per heavy atom. The van der Waals surface area contributed by atoms with E-state index >= 15 is 0 Å². The summed E-state index contributed by atoms with van der Waals surface area (Å²) in [5, 5.41) is 6.69. The molecule has 2 aliphatic rings. The van der Waals surface area contributed by atoms with Gasteiger partial charge in [-0.2, -0.15) is 0 Å². The third-order valence-electron chi connectivity index (χ3n) is 7.10. The van der Waals surface area contributed by atoms with Gasteiger partial charge in [-0.25, -0.2) is 9.98 Å². The van der Waals surface area contributed by atoms with Crippen LogP contribution in [0.4, 0.5) is 22.7 Å². The van der Waals surface area contributed by atoms with Gasteiger partial charge in [-0.1, -0.05) is 36.4 Å². The van der Waals surface area contributed by atoms with Gasteiger partial charge < -0.3 is 29.6 Å². The van der Waals surface area contributed by atoms with Crippen molar-refractivity contribution >= 4 is 34.6 Å². The molecule has 0 fully saturated rings. The van der Waals surface area contributed by atoms with Crippen LogP contribution < -0.4 is 40.3 Å². The summed E-state index contributed by atoms with van der Waals surface area (Å²) in [6.45, 7) is 0. The Labute approximate surface area is 251 Å². The highest BCUT2D eigenvalue weighted by atomic mass is 16.5. The van der Waals surface area contributed by atoms with Gasteiger partial charge in [0.05, 0.1) is 25.6 Å². The highest BCUT2D eigenvalue weighted by Crippen LogP contribution is 2.44. The van der Waals surface area contributed by atoms with Crippen LogP contribution >= 0.6 is 0 Å². The number of anilines is 2. The summed E-state index contributed by atoms with van der Waals surface area (Å²) in [7, 11) is 3.10. The molecule has 0 saturated heterocycles.